The smallest absolute Gasteiger partial charge is 0.371 e. The molecule has 1 aliphatic rings. The molecule has 1 N–H and O–H groups in total. The van der Waals surface area contributed by atoms with Crippen molar-refractivity contribution in [3.05, 3.63) is 29.6 Å². The average molecular weight is 232 g/mol. The molecule has 0 bridgehead atoms. The minimum absolute atomic E-state index is 0.0993. The minimum Gasteiger partial charge on any atom is -0.371 e. The maximum atomic E-state index is 12.7. The van der Waals surface area contributed by atoms with Gasteiger partial charge in [0.1, 0.15) is 0 Å². The number of pyridine rings is 1. The van der Waals surface area contributed by atoms with Crippen molar-refractivity contribution in [2.75, 3.05) is 19.7 Å². The van der Waals surface area contributed by atoms with E-state index >= 15 is 0 Å². The molecule has 0 amide bonds. The van der Waals surface area contributed by atoms with E-state index in [-0.39, 0.29) is 5.56 Å². The molecule has 0 aromatic carbocycles. The molecular weight excluding hydrogens is 221 g/mol. The third-order valence-electron chi connectivity index (χ3n) is 2.43. The zero-order valence-electron chi connectivity index (χ0n) is 8.42. The van der Waals surface area contributed by atoms with Crippen molar-refractivity contribution in [3.63, 3.8) is 0 Å². The highest BCUT2D eigenvalue weighted by Gasteiger charge is 2.35. The van der Waals surface area contributed by atoms with Gasteiger partial charge in [0.2, 0.25) is 0 Å². The average Bonchev–Trinajstić information content (AvgIpc) is 2.29. The summed E-state index contributed by atoms with van der Waals surface area (Å²) in [6.45, 7) is 1.46. The van der Waals surface area contributed by atoms with E-state index < -0.39 is 17.8 Å². The lowest BCUT2D eigenvalue weighted by Crippen LogP contribution is -2.34. The van der Waals surface area contributed by atoms with Gasteiger partial charge < -0.3 is 10.1 Å². The maximum absolute atomic E-state index is 12.7. The van der Waals surface area contributed by atoms with Crippen LogP contribution in [0.1, 0.15) is 17.2 Å². The van der Waals surface area contributed by atoms with E-state index in [1.807, 2.05) is 0 Å². The molecule has 6 heteroatoms. The molecule has 1 unspecified atom stereocenters. The van der Waals surface area contributed by atoms with E-state index in [0.29, 0.717) is 19.7 Å². The van der Waals surface area contributed by atoms with Crippen LogP contribution >= 0.6 is 0 Å². The van der Waals surface area contributed by atoms with E-state index in [4.69, 9.17) is 4.74 Å². The van der Waals surface area contributed by atoms with E-state index in [2.05, 4.69) is 10.3 Å². The summed E-state index contributed by atoms with van der Waals surface area (Å²) in [5.74, 6) is 0. The van der Waals surface area contributed by atoms with E-state index in [1.54, 1.807) is 0 Å². The van der Waals surface area contributed by atoms with Crippen LogP contribution in [0.3, 0.4) is 0 Å². The Balaban J connectivity index is 2.32. The van der Waals surface area contributed by atoms with Gasteiger partial charge in [-0.3, -0.25) is 4.98 Å². The summed E-state index contributed by atoms with van der Waals surface area (Å²) in [4.78, 5) is 3.73. The van der Waals surface area contributed by atoms with Gasteiger partial charge in [0.05, 0.1) is 18.3 Å². The molecule has 2 rings (SSSR count). The Morgan fingerprint density at radius 3 is 2.88 bits per heavy atom. The van der Waals surface area contributed by atoms with Crippen LogP contribution < -0.4 is 5.32 Å². The van der Waals surface area contributed by atoms with Crippen molar-refractivity contribution >= 4 is 0 Å². The van der Waals surface area contributed by atoms with Gasteiger partial charge >= 0.3 is 6.18 Å². The van der Waals surface area contributed by atoms with Gasteiger partial charge in [-0.2, -0.15) is 13.2 Å². The lowest BCUT2D eigenvalue weighted by atomic mass is 10.0. The molecule has 2 heterocycles. The van der Waals surface area contributed by atoms with Crippen LogP contribution in [0, 0.1) is 0 Å². The maximum Gasteiger partial charge on any atom is 0.416 e. The molecule has 1 aromatic heterocycles. The second-order valence-electron chi connectivity index (χ2n) is 3.52. The Hall–Kier alpha value is -1.14. The lowest BCUT2D eigenvalue weighted by molar-refractivity contribution is -0.139. The fraction of sp³-hybridized carbons (Fsp3) is 0.500. The van der Waals surface area contributed by atoms with Crippen LogP contribution in [0.15, 0.2) is 18.5 Å². The molecule has 0 saturated carbocycles. The number of rotatable bonds is 1. The third kappa shape index (κ3) is 2.33. The Labute approximate surface area is 90.6 Å². The summed E-state index contributed by atoms with van der Waals surface area (Å²) in [5, 5.41) is 2.99. The number of hydrogen-bond donors (Lipinski definition) is 1. The number of alkyl halides is 3. The van der Waals surface area contributed by atoms with Gasteiger partial charge in [0.25, 0.3) is 0 Å². The summed E-state index contributed by atoms with van der Waals surface area (Å²) >= 11 is 0. The van der Waals surface area contributed by atoms with Gasteiger partial charge in [0.15, 0.2) is 0 Å². The number of aromatic nitrogens is 1. The molecule has 1 aromatic rings. The second-order valence-corrected chi connectivity index (χ2v) is 3.52. The Morgan fingerprint density at radius 1 is 1.44 bits per heavy atom. The molecule has 1 saturated heterocycles. The Bertz CT molecular complexity index is 361. The minimum atomic E-state index is -4.36. The van der Waals surface area contributed by atoms with Crippen LogP contribution in [0.5, 0.6) is 0 Å². The third-order valence-corrected chi connectivity index (χ3v) is 2.43. The number of hydrogen-bond acceptors (Lipinski definition) is 3. The van der Waals surface area contributed by atoms with Crippen molar-refractivity contribution < 1.29 is 17.9 Å². The van der Waals surface area contributed by atoms with Crippen molar-refractivity contribution in [1.29, 1.82) is 0 Å². The summed E-state index contributed by atoms with van der Waals surface area (Å²) < 4.78 is 43.4. The zero-order valence-corrected chi connectivity index (χ0v) is 8.42. The van der Waals surface area contributed by atoms with Gasteiger partial charge in [-0.05, 0) is 6.07 Å². The first-order chi connectivity index (χ1) is 7.59. The number of nitrogens with zero attached hydrogens (tertiary/aromatic N) is 1. The van der Waals surface area contributed by atoms with Crippen molar-refractivity contribution in [2.24, 2.45) is 0 Å². The second kappa shape index (κ2) is 4.39. The quantitative estimate of drug-likeness (QED) is 0.801. The zero-order chi connectivity index (χ0) is 11.6. The number of morpholine rings is 1. The highest BCUT2D eigenvalue weighted by Crippen LogP contribution is 2.35. The standard InChI is InChI=1S/C10H11F3N2O/c11-10(12,13)8-1-2-14-5-7(8)9-6-15-3-4-16-9/h1-2,5,9,15H,3-4,6H2. The van der Waals surface area contributed by atoms with Crippen LogP contribution in [0.25, 0.3) is 0 Å². The molecule has 1 atom stereocenters. The van der Waals surface area contributed by atoms with Gasteiger partial charge in [-0.15, -0.1) is 0 Å². The predicted molar refractivity (Wildman–Crippen MR) is 50.8 cm³/mol. The van der Waals surface area contributed by atoms with Crippen LogP contribution in [-0.2, 0) is 10.9 Å². The number of halogens is 3. The highest BCUT2D eigenvalue weighted by atomic mass is 19.4. The fourth-order valence-electron chi connectivity index (χ4n) is 1.69. The summed E-state index contributed by atoms with van der Waals surface area (Å²) in [6.07, 6.45) is -2.57. The number of nitrogens with one attached hydrogen (secondary N) is 1. The highest BCUT2D eigenvalue weighted by molar-refractivity contribution is 5.28. The summed E-state index contributed by atoms with van der Waals surface area (Å²) in [7, 11) is 0. The van der Waals surface area contributed by atoms with Crippen molar-refractivity contribution in [3.8, 4) is 0 Å². The van der Waals surface area contributed by atoms with Crippen LogP contribution in [-0.4, -0.2) is 24.7 Å². The predicted octanol–water partition coefficient (Wildman–Crippen LogP) is 1.76. The Morgan fingerprint density at radius 2 is 2.25 bits per heavy atom. The fourth-order valence-corrected chi connectivity index (χ4v) is 1.69. The van der Waals surface area contributed by atoms with Gasteiger partial charge in [-0.1, -0.05) is 0 Å². The molecule has 0 aliphatic carbocycles. The van der Waals surface area contributed by atoms with Gasteiger partial charge in [-0.25, -0.2) is 0 Å². The topological polar surface area (TPSA) is 34.2 Å². The molecule has 1 aliphatic heterocycles. The normalized spacial score (nSPS) is 22.1. The largest absolute Gasteiger partial charge is 0.416 e. The SMILES string of the molecule is FC(F)(F)c1ccncc1C1CNCCO1. The van der Waals surface area contributed by atoms with Gasteiger partial charge in [0, 0.05) is 31.0 Å². The summed E-state index contributed by atoms with van der Waals surface area (Å²) in [5.41, 5.74) is -0.571. The van der Waals surface area contributed by atoms with E-state index in [0.717, 1.165) is 12.3 Å². The molecule has 0 radical (unpaired) electrons. The first-order valence-corrected chi connectivity index (χ1v) is 4.92. The van der Waals surface area contributed by atoms with E-state index in [1.165, 1.54) is 6.20 Å². The molecule has 3 nitrogen and oxygen atoms in total. The molecule has 16 heavy (non-hydrogen) atoms. The van der Waals surface area contributed by atoms with E-state index in [9.17, 15) is 13.2 Å². The van der Waals surface area contributed by atoms with Crippen LogP contribution in [0.4, 0.5) is 13.2 Å². The Kier molecular flexibility index (Phi) is 3.11. The molecular formula is C10H11F3N2O. The molecule has 0 spiro atoms. The molecule has 88 valence electrons. The lowest BCUT2D eigenvalue weighted by Gasteiger charge is -2.25. The first-order valence-electron chi connectivity index (χ1n) is 4.92. The van der Waals surface area contributed by atoms with Crippen molar-refractivity contribution in [1.82, 2.24) is 10.3 Å². The molecule has 1 fully saturated rings. The van der Waals surface area contributed by atoms with Crippen LogP contribution in [0.2, 0.25) is 0 Å². The van der Waals surface area contributed by atoms with Crippen molar-refractivity contribution in [2.45, 2.75) is 12.3 Å². The first kappa shape index (κ1) is 11.3. The number of ether oxygens (including phenoxy) is 1. The summed E-state index contributed by atoms with van der Waals surface area (Å²) in [6, 6.07) is 0.979. The monoisotopic (exact) mass is 232 g/mol.